The Morgan fingerprint density at radius 3 is 2.54 bits per heavy atom. The third kappa shape index (κ3) is 3.16. The van der Waals surface area contributed by atoms with E-state index in [2.05, 4.69) is 39.6 Å². The third-order valence-electron chi connectivity index (χ3n) is 4.77. The largest absolute Gasteiger partial charge is 0.457 e. The van der Waals surface area contributed by atoms with Crippen LogP contribution in [-0.2, 0) is 6.54 Å². The highest BCUT2D eigenvalue weighted by Gasteiger charge is 2.08. The molecule has 0 amide bonds. The van der Waals surface area contributed by atoms with Crippen molar-refractivity contribution < 1.29 is 4.74 Å². The Morgan fingerprint density at radius 1 is 0.786 bits per heavy atom. The first-order valence-electron chi connectivity index (χ1n) is 9.28. The lowest BCUT2D eigenvalue weighted by atomic mass is 10.2. The van der Waals surface area contributed by atoms with Crippen molar-refractivity contribution in [1.29, 1.82) is 0 Å². The summed E-state index contributed by atoms with van der Waals surface area (Å²) in [5.74, 6) is 2.50. The maximum absolute atomic E-state index is 5.93. The summed E-state index contributed by atoms with van der Waals surface area (Å²) in [5, 5.41) is 5.84. The minimum atomic E-state index is 0.660. The van der Waals surface area contributed by atoms with E-state index in [4.69, 9.17) is 4.74 Å². The van der Waals surface area contributed by atoms with Gasteiger partial charge in [-0.05, 0) is 42.0 Å². The first-order valence-corrected chi connectivity index (χ1v) is 9.28. The molecular formula is C24H19N3O. The Balaban J connectivity index is 1.39. The van der Waals surface area contributed by atoms with Gasteiger partial charge in [-0.2, -0.15) is 0 Å². The van der Waals surface area contributed by atoms with E-state index in [0.717, 1.165) is 33.9 Å². The fourth-order valence-corrected chi connectivity index (χ4v) is 3.44. The first-order chi connectivity index (χ1) is 13.9. The molecule has 5 aromatic rings. The molecule has 0 spiro atoms. The number of para-hydroxylation sites is 2. The second-order valence-corrected chi connectivity index (χ2v) is 6.67. The van der Waals surface area contributed by atoms with Crippen LogP contribution in [0, 0.1) is 0 Å². The fraction of sp³-hybridized carbons (Fsp3) is 0.0417. The number of nitrogens with one attached hydrogen (secondary N) is 2. The highest BCUT2D eigenvalue weighted by atomic mass is 16.5. The maximum Gasteiger partial charge on any atom is 0.150 e. The third-order valence-corrected chi connectivity index (χ3v) is 4.77. The number of nitrogens with zero attached hydrogens (tertiary/aromatic N) is 1. The Bertz CT molecular complexity index is 1240. The van der Waals surface area contributed by atoms with Crippen LogP contribution < -0.4 is 10.1 Å². The van der Waals surface area contributed by atoms with Crippen molar-refractivity contribution in [1.82, 2.24) is 9.97 Å². The van der Waals surface area contributed by atoms with Crippen LogP contribution in [0.1, 0.15) is 5.56 Å². The number of rotatable bonds is 5. The highest BCUT2D eigenvalue weighted by molar-refractivity contribution is 6.10. The highest BCUT2D eigenvalue weighted by Crippen LogP contribution is 2.29. The molecule has 3 aromatic carbocycles. The molecule has 0 saturated heterocycles. The number of ether oxygens (including phenoxy) is 1. The van der Waals surface area contributed by atoms with Gasteiger partial charge in [-0.3, -0.25) is 0 Å². The zero-order valence-electron chi connectivity index (χ0n) is 15.2. The molecule has 0 aliphatic heterocycles. The van der Waals surface area contributed by atoms with Crippen molar-refractivity contribution in [2.45, 2.75) is 6.54 Å². The molecule has 5 rings (SSSR count). The van der Waals surface area contributed by atoms with Crippen molar-refractivity contribution >= 4 is 27.6 Å². The summed E-state index contributed by atoms with van der Waals surface area (Å²) in [7, 11) is 0. The van der Waals surface area contributed by atoms with Gasteiger partial charge in [0.2, 0.25) is 0 Å². The number of H-pyrrole nitrogens is 1. The van der Waals surface area contributed by atoms with E-state index in [1.54, 1.807) is 0 Å². The normalized spacial score (nSPS) is 11.0. The number of aromatic nitrogens is 2. The van der Waals surface area contributed by atoms with Gasteiger partial charge in [-0.1, -0.05) is 48.5 Å². The van der Waals surface area contributed by atoms with Crippen LogP contribution in [0.3, 0.4) is 0 Å². The van der Waals surface area contributed by atoms with Crippen LogP contribution in [0.5, 0.6) is 11.5 Å². The molecular weight excluding hydrogens is 346 g/mol. The van der Waals surface area contributed by atoms with Gasteiger partial charge in [0.25, 0.3) is 0 Å². The zero-order valence-corrected chi connectivity index (χ0v) is 15.2. The number of hydrogen-bond donors (Lipinski definition) is 2. The molecule has 0 aliphatic carbocycles. The number of pyridine rings is 1. The molecule has 0 radical (unpaired) electrons. The van der Waals surface area contributed by atoms with E-state index in [0.29, 0.717) is 6.54 Å². The van der Waals surface area contributed by atoms with Gasteiger partial charge in [-0.15, -0.1) is 0 Å². The van der Waals surface area contributed by atoms with Gasteiger partial charge < -0.3 is 15.0 Å². The topological polar surface area (TPSA) is 49.9 Å². The number of fused-ring (bicyclic) bond motifs is 3. The SMILES string of the molecule is c1ccc(Oc2cccc(CNc3nccc4c3[nH]c3ccccc34)c2)cc1. The first kappa shape index (κ1) is 16.4. The molecule has 0 bridgehead atoms. The maximum atomic E-state index is 5.93. The molecule has 2 N–H and O–H groups in total. The van der Waals surface area contributed by atoms with E-state index < -0.39 is 0 Å². The smallest absolute Gasteiger partial charge is 0.150 e. The van der Waals surface area contributed by atoms with Crippen LogP contribution >= 0.6 is 0 Å². The fourth-order valence-electron chi connectivity index (χ4n) is 3.44. The number of aromatic amines is 1. The van der Waals surface area contributed by atoms with E-state index in [1.807, 2.05) is 66.9 Å². The van der Waals surface area contributed by atoms with Crippen LogP contribution in [-0.4, -0.2) is 9.97 Å². The summed E-state index contributed by atoms with van der Waals surface area (Å²) in [5.41, 5.74) is 3.27. The Kier molecular flexibility index (Phi) is 4.14. The lowest BCUT2D eigenvalue weighted by molar-refractivity contribution is 0.482. The van der Waals surface area contributed by atoms with Gasteiger partial charge in [0.05, 0.1) is 5.52 Å². The number of anilines is 1. The number of hydrogen-bond acceptors (Lipinski definition) is 3. The molecule has 0 unspecified atom stereocenters. The van der Waals surface area contributed by atoms with Crippen LogP contribution in [0.2, 0.25) is 0 Å². The predicted molar refractivity (Wildman–Crippen MR) is 114 cm³/mol. The van der Waals surface area contributed by atoms with Gasteiger partial charge in [0.1, 0.15) is 11.5 Å². The quantitative estimate of drug-likeness (QED) is 0.394. The lowest BCUT2D eigenvalue weighted by Gasteiger charge is -2.09. The Hall–Kier alpha value is -3.79. The molecule has 28 heavy (non-hydrogen) atoms. The average molecular weight is 365 g/mol. The van der Waals surface area contributed by atoms with E-state index in [9.17, 15) is 0 Å². The molecule has 4 nitrogen and oxygen atoms in total. The summed E-state index contributed by atoms with van der Waals surface area (Å²) in [6.45, 7) is 0.660. The summed E-state index contributed by atoms with van der Waals surface area (Å²) in [6.07, 6.45) is 1.85. The lowest BCUT2D eigenvalue weighted by Crippen LogP contribution is -2.02. The average Bonchev–Trinajstić information content (AvgIpc) is 3.13. The van der Waals surface area contributed by atoms with E-state index >= 15 is 0 Å². The van der Waals surface area contributed by atoms with Crippen molar-refractivity contribution in [2.24, 2.45) is 0 Å². The summed E-state index contributed by atoms with van der Waals surface area (Å²) in [6, 6.07) is 28.3. The molecule has 0 aliphatic rings. The minimum absolute atomic E-state index is 0.660. The monoisotopic (exact) mass is 365 g/mol. The van der Waals surface area contributed by atoms with Gasteiger partial charge in [0.15, 0.2) is 5.82 Å². The van der Waals surface area contributed by atoms with Crippen LogP contribution in [0.15, 0.2) is 91.1 Å². The second-order valence-electron chi connectivity index (χ2n) is 6.67. The summed E-state index contributed by atoms with van der Waals surface area (Å²) >= 11 is 0. The molecule has 136 valence electrons. The Morgan fingerprint density at radius 2 is 1.61 bits per heavy atom. The van der Waals surface area contributed by atoms with Crippen molar-refractivity contribution in [3.8, 4) is 11.5 Å². The van der Waals surface area contributed by atoms with Gasteiger partial charge >= 0.3 is 0 Å². The van der Waals surface area contributed by atoms with E-state index in [1.165, 1.54) is 10.8 Å². The molecule has 2 heterocycles. The standard InChI is InChI=1S/C24H19N3O/c1-2-8-18(9-3-1)28-19-10-6-7-17(15-19)16-26-24-23-21(13-14-25-24)20-11-4-5-12-22(20)27-23/h1-15,27H,16H2,(H,25,26). The van der Waals surface area contributed by atoms with Crippen LogP contribution in [0.25, 0.3) is 21.8 Å². The Labute approximate surface area is 162 Å². The number of benzene rings is 3. The summed E-state index contributed by atoms with van der Waals surface area (Å²) in [4.78, 5) is 8.01. The van der Waals surface area contributed by atoms with Gasteiger partial charge in [0, 0.05) is 29.0 Å². The zero-order chi connectivity index (χ0) is 18.8. The van der Waals surface area contributed by atoms with E-state index in [-0.39, 0.29) is 0 Å². The van der Waals surface area contributed by atoms with Crippen molar-refractivity contribution in [3.63, 3.8) is 0 Å². The minimum Gasteiger partial charge on any atom is -0.457 e. The van der Waals surface area contributed by atoms with Gasteiger partial charge in [-0.25, -0.2) is 4.98 Å². The van der Waals surface area contributed by atoms with Crippen molar-refractivity contribution in [2.75, 3.05) is 5.32 Å². The molecule has 2 aromatic heterocycles. The summed E-state index contributed by atoms with van der Waals surface area (Å²) < 4.78 is 5.93. The molecule has 0 saturated carbocycles. The second kappa shape index (κ2) is 7.08. The molecule has 4 heteroatoms. The van der Waals surface area contributed by atoms with Crippen LogP contribution in [0.4, 0.5) is 5.82 Å². The molecule has 0 atom stereocenters. The predicted octanol–water partition coefficient (Wildman–Crippen LogP) is 6.12. The van der Waals surface area contributed by atoms with Crippen molar-refractivity contribution in [3.05, 3.63) is 96.7 Å². The molecule has 0 fully saturated rings.